The van der Waals surface area contributed by atoms with E-state index < -0.39 is 9.84 Å². The number of hydrogen-bond acceptors (Lipinski definition) is 6. The molecule has 3 rings (SSSR count). The van der Waals surface area contributed by atoms with Crippen LogP contribution in [0.1, 0.15) is 0 Å². The third-order valence-corrected chi connectivity index (χ3v) is 4.87. The molecule has 0 N–H and O–H groups in total. The van der Waals surface area contributed by atoms with Gasteiger partial charge in [-0.1, -0.05) is 0 Å². The minimum atomic E-state index is -3.14. The van der Waals surface area contributed by atoms with E-state index in [1.165, 1.54) is 6.26 Å². The number of aromatic nitrogens is 2. The van der Waals surface area contributed by atoms with Gasteiger partial charge < -0.3 is 9.80 Å². The van der Waals surface area contributed by atoms with Gasteiger partial charge in [0, 0.05) is 50.5 Å². The Hall–Kier alpha value is -2.15. The monoisotopic (exact) mass is 318 g/mol. The smallest absolute Gasteiger partial charge is 0.225 e. The van der Waals surface area contributed by atoms with E-state index in [1.54, 1.807) is 24.5 Å². The highest BCUT2D eigenvalue weighted by Gasteiger charge is 2.19. The minimum absolute atomic E-state index is 0.354. The molecule has 116 valence electrons. The fourth-order valence-corrected chi connectivity index (χ4v) is 3.15. The molecule has 1 aromatic carbocycles. The largest absolute Gasteiger partial charge is 0.368 e. The van der Waals surface area contributed by atoms with Crippen LogP contribution in [0, 0.1) is 0 Å². The molecule has 0 radical (unpaired) electrons. The Bertz CT molecular complexity index is 724. The minimum Gasteiger partial charge on any atom is -0.368 e. The van der Waals surface area contributed by atoms with Crippen molar-refractivity contribution >= 4 is 21.5 Å². The topological polar surface area (TPSA) is 66.4 Å². The summed E-state index contributed by atoms with van der Waals surface area (Å²) in [4.78, 5) is 13.3. The summed E-state index contributed by atoms with van der Waals surface area (Å²) in [7, 11) is -3.14. The maximum absolute atomic E-state index is 11.5. The first-order valence-corrected chi connectivity index (χ1v) is 9.00. The quantitative estimate of drug-likeness (QED) is 0.847. The van der Waals surface area contributed by atoms with E-state index >= 15 is 0 Å². The molecule has 0 aliphatic carbocycles. The first-order chi connectivity index (χ1) is 10.5. The van der Waals surface area contributed by atoms with Crippen molar-refractivity contribution in [3.8, 4) is 0 Å². The number of nitrogens with zero attached hydrogens (tertiary/aromatic N) is 4. The summed E-state index contributed by atoms with van der Waals surface area (Å²) in [5.41, 5.74) is 1.04. The maximum atomic E-state index is 11.5. The zero-order chi connectivity index (χ0) is 15.6. The average molecular weight is 318 g/mol. The molecular formula is C15H18N4O2S. The second-order valence-electron chi connectivity index (χ2n) is 5.29. The third-order valence-electron chi connectivity index (χ3n) is 3.74. The first kappa shape index (κ1) is 14.8. The second kappa shape index (κ2) is 5.92. The van der Waals surface area contributed by atoms with Crippen LogP contribution in [0.15, 0.2) is 47.6 Å². The molecule has 0 atom stereocenters. The summed E-state index contributed by atoms with van der Waals surface area (Å²) < 4.78 is 23.0. The van der Waals surface area contributed by atoms with Crippen molar-refractivity contribution in [1.82, 2.24) is 9.97 Å². The fourth-order valence-electron chi connectivity index (χ4n) is 2.52. The van der Waals surface area contributed by atoms with Gasteiger partial charge in [-0.05, 0) is 30.3 Å². The van der Waals surface area contributed by atoms with Gasteiger partial charge in [0.15, 0.2) is 9.84 Å². The van der Waals surface area contributed by atoms with Gasteiger partial charge in [-0.15, -0.1) is 0 Å². The van der Waals surface area contributed by atoms with Crippen LogP contribution >= 0.6 is 0 Å². The van der Waals surface area contributed by atoms with Gasteiger partial charge in [-0.3, -0.25) is 0 Å². The number of rotatable bonds is 3. The molecule has 1 aliphatic rings. The molecule has 6 nitrogen and oxygen atoms in total. The lowest BCUT2D eigenvalue weighted by molar-refractivity contribution is 0.602. The van der Waals surface area contributed by atoms with Crippen molar-refractivity contribution in [2.24, 2.45) is 0 Å². The standard InChI is InChI=1S/C15H18N4O2S/c1-22(20,21)14-5-3-13(4-6-14)18-9-11-19(12-10-18)15-16-7-2-8-17-15/h2-8H,9-12H2,1H3. The Kier molecular flexibility index (Phi) is 3.98. The highest BCUT2D eigenvalue weighted by Crippen LogP contribution is 2.20. The predicted octanol–water partition coefficient (Wildman–Crippen LogP) is 1.21. The Balaban J connectivity index is 1.66. The number of hydrogen-bond donors (Lipinski definition) is 0. The Labute approximate surface area is 130 Å². The van der Waals surface area contributed by atoms with E-state index in [0.29, 0.717) is 4.90 Å². The van der Waals surface area contributed by atoms with Gasteiger partial charge in [0.25, 0.3) is 0 Å². The van der Waals surface area contributed by atoms with Crippen molar-refractivity contribution in [3.63, 3.8) is 0 Å². The van der Waals surface area contributed by atoms with Crippen LogP contribution in [-0.4, -0.2) is 50.8 Å². The molecule has 1 aromatic heterocycles. The Morgan fingerprint density at radius 3 is 2.00 bits per heavy atom. The summed E-state index contributed by atoms with van der Waals surface area (Å²) in [6, 6.07) is 8.87. The maximum Gasteiger partial charge on any atom is 0.225 e. The van der Waals surface area contributed by atoms with Gasteiger partial charge in [0.2, 0.25) is 5.95 Å². The zero-order valence-corrected chi connectivity index (χ0v) is 13.2. The highest BCUT2D eigenvalue weighted by molar-refractivity contribution is 7.90. The van der Waals surface area contributed by atoms with E-state index in [0.717, 1.165) is 37.8 Å². The van der Waals surface area contributed by atoms with Gasteiger partial charge in [-0.25, -0.2) is 18.4 Å². The van der Waals surface area contributed by atoms with Crippen LogP contribution in [0.3, 0.4) is 0 Å². The number of anilines is 2. The summed E-state index contributed by atoms with van der Waals surface area (Å²) in [6.45, 7) is 3.41. The van der Waals surface area contributed by atoms with Crippen molar-refractivity contribution in [3.05, 3.63) is 42.7 Å². The molecule has 0 saturated carbocycles. The van der Waals surface area contributed by atoms with Crippen LogP contribution in [0.4, 0.5) is 11.6 Å². The van der Waals surface area contributed by atoms with E-state index in [9.17, 15) is 8.42 Å². The molecule has 2 aromatic rings. The number of piperazine rings is 1. The second-order valence-corrected chi connectivity index (χ2v) is 7.30. The first-order valence-electron chi connectivity index (χ1n) is 7.11. The SMILES string of the molecule is CS(=O)(=O)c1ccc(N2CCN(c3ncccn3)CC2)cc1. The molecule has 0 spiro atoms. The number of benzene rings is 1. The number of sulfone groups is 1. The van der Waals surface area contributed by atoms with Gasteiger partial charge >= 0.3 is 0 Å². The van der Waals surface area contributed by atoms with Crippen molar-refractivity contribution < 1.29 is 8.42 Å². The fraction of sp³-hybridized carbons (Fsp3) is 0.333. The average Bonchev–Trinajstić information content (AvgIpc) is 2.55. The van der Waals surface area contributed by atoms with Crippen LogP contribution in [0.5, 0.6) is 0 Å². The normalized spacial score (nSPS) is 15.9. The molecule has 1 saturated heterocycles. The van der Waals surface area contributed by atoms with Crippen LogP contribution in [0.25, 0.3) is 0 Å². The molecule has 2 heterocycles. The summed E-state index contributed by atoms with van der Waals surface area (Å²) >= 11 is 0. The van der Waals surface area contributed by atoms with E-state index in [4.69, 9.17) is 0 Å². The predicted molar refractivity (Wildman–Crippen MR) is 86.0 cm³/mol. The van der Waals surface area contributed by atoms with Crippen LogP contribution in [-0.2, 0) is 9.84 Å². The lowest BCUT2D eigenvalue weighted by atomic mass is 10.2. The molecule has 0 amide bonds. The molecule has 7 heteroatoms. The zero-order valence-electron chi connectivity index (χ0n) is 12.4. The molecular weight excluding hydrogens is 300 g/mol. The van der Waals surface area contributed by atoms with Crippen LogP contribution < -0.4 is 9.80 Å². The van der Waals surface area contributed by atoms with Gasteiger partial charge in [0.1, 0.15) is 0 Å². The van der Waals surface area contributed by atoms with Crippen molar-refractivity contribution in [2.45, 2.75) is 4.90 Å². The van der Waals surface area contributed by atoms with Crippen molar-refractivity contribution in [1.29, 1.82) is 0 Å². The van der Waals surface area contributed by atoms with Crippen LogP contribution in [0.2, 0.25) is 0 Å². The lowest BCUT2D eigenvalue weighted by Gasteiger charge is -2.36. The van der Waals surface area contributed by atoms with Gasteiger partial charge in [-0.2, -0.15) is 0 Å². The molecule has 22 heavy (non-hydrogen) atoms. The molecule has 0 bridgehead atoms. The van der Waals surface area contributed by atoms with E-state index in [2.05, 4.69) is 19.8 Å². The summed E-state index contributed by atoms with van der Waals surface area (Å²) in [5, 5.41) is 0. The van der Waals surface area contributed by atoms with E-state index in [1.807, 2.05) is 18.2 Å². The van der Waals surface area contributed by atoms with Crippen molar-refractivity contribution in [2.75, 3.05) is 42.2 Å². The lowest BCUT2D eigenvalue weighted by Crippen LogP contribution is -2.47. The molecule has 0 unspecified atom stereocenters. The molecule has 1 fully saturated rings. The summed E-state index contributed by atoms with van der Waals surface area (Å²) in [6.07, 6.45) is 4.72. The van der Waals surface area contributed by atoms with Gasteiger partial charge in [0.05, 0.1) is 4.90 Å². The van der Waals surface area contributed by atoms with E-state index in [-0.39, 0.29) is 0 Å². The molecule has 1 aliphatic heterocycles. The third kappa shape index (κ3) is 3.19. The highest BCUT2D eigenvalue weighted by atomic mass is 32.2. The summed E-state index contributed by atoms with van der Waals surface area (Å²) in [5.74, 6) is 0.759. The Morgan fingerprint density at radius 2 is 1.45 bits per heavy atom. The Morgan fingerprint density at radius 1 is 0.909 bits per heavy atom.